The molecule has 0 saturated carbocycles. The molecule has 3 nitrogen and oxygen atoms in total. The lowest BCUT2D eigenvalue weighted by Gasteiger charge is -2.16. The molecule has 0 spiro atoms. The molecule has 98 valence electrons. The fourth-order valence-electron chi connectivity index (χ4n) is 2.11. The Balaban J connectivity index is 2.13. The number of carbonyl (C=O) groups is 1. The van der Waals surface area contributed by atoms with E-state index in [1.54, 1.807) is 24.3 Å². The van der Waals surface area contributed by atoms with Crippen LogP contribution in [-0.2, 0) is 0 Å². The quantitative estimate of drug-likeness (QED) is 0.827. The number of benzene rings is 2. The molecule has 19 heavy (non-hydrogen) atoms. The van der Waals surface area contributed by atoms with Crippen molar-refractivity contribution in [2.24, 2.45) is 0 Å². The molecule has 0 saturated heterocycles. The van der Waals surface area contributed by atoms with Crippen LogP contribution in [0.1, 0.15) is 34.5 Å². The summed E-state index contributed by atoms with van der Waals surface area (Å²) in [7, 11) is 0. The van der Waals surface area contributed by atoms with E-state index in [9.17, 15) is 4.79 Å². The molecule has 0 bridgehead atoms. The zero-order valence-corrected chi connectivity index (χ0v) is 11.2. The molecule has 0 aliphatic rings. The summed E-state index contributed by atoms with van der Waals surface area (Å²) in [6.45, 7) is 4.02. The normalized spacial score (nSPS) is 11.9. The smallest absolute Gasteiger partial charge is 0.251 e. The number of hydrogen-bond donors (Lipinski definition) is 2. The highest BCUT2D eigenvalue weighted by Gasteiger charge is 2.12. The summed E-state index contributed by atoms with van der Waals surface area (Å²) in [6.07, 6.45) is 0. The highest BCUT2D eigenvalue weighted by molar-refractivity contribution is 5.95. The highest BCUT2D eigenvalue weighted by atomic mass is 16.1. The van der Waals surface area contributed by atoms with Crippen molar-refractivity contribution in [2.75, 3.05) is 5.73 Å². The van der Waals surface area contributed by atoms with E-state index < -0.39 is 0 Å². The molecular weight excluding hydrogens is 236 g/mol. The van der Waals surface area contributed by atoms with Crippen LogP contribution in [0.25, 0.3) is 0 Å². The van der Waals surface area contributed by atoms with E-state index in [-0.39, 0.29) is 11.9 Å². The summed E-state index contributed by atoms with van der Waals surface area (Å²) in [5, 5.41) is 2.99. The maximum Gasteiger partial charge on any atom is 0.251 e. The minimum absolute atomic E-state index is 0.0323. The monoisotopic (exact) mass is 254 g/mol. The zero-order valence-electron chi connectivity index (χ0n) is 11.2. The van der Waals surface area contributed by atoms with Gasteiger partial charge < -0.3 is 11.1 Å². The zero-order chi connectivity index (χ0) is 13.8. The number of hydrogen-bond acceptors (Lipinski definition) is 2. The van der Waals surface area contributed by atoms with E-state index in [1.165, 1.54) is 5.56 Å². The molecule has 3 N–H and O–H groups in total. The summed E-state index contributed by atoms with van der Waals surface area (Å²) in [4.78, 5) is 12.1. The molecule has 0 aliphatic carbocycles. The topological polar surface area (TPSA) is 55.1 Å². The maximum absolute atomic E-state index is 12.1. The number of amides is 1. The van der Waals surface area contributed by atoms with Crippen molar-refractivity contribution in [3.63, 3.8) is 0 Å². The Labute approximate surface area is 113 Å². The molecule has 1 atom stereocenters. The van der Waals surface area contributed by atoms with Crippen LogP contribution in [0.15, 0.2) is 48.5 Å². The van der Waals surface area contributed by atoms with Crippen molar-refractivity contribution in [1.82, 2.24) is 5.32 Å². The first kappa shape index (κ1) is 13.1. The number of rotatable bonds is 3. The molecular formula is C16H18N2O. The van der Waals surface area contributed by atoms with Gasteiger partial charge in [0.2, 0.25) is 0 Å². The van der Waals surface area contributed by atoms with Gasteiger partial charge in [0.25, 0.3) is 5.91 Å². The van der Waals surface area contributed by atoms with Gasteiger partial charge in [0.15, 0.2) is 0 Å². The van der Waals surface area contributed by atoms with Crippen molar-refractivity contribution in [1.29, 1.82) is 0 Å². The summed E-state index contributed by atoms with van der Waals surface area (Å²) >= 11 is 0. The van der Waals surface area contributed by atoms with Gasteiger partial charge >= 0.3 is 0 Å². The van der Waals surface area contributed by atoms with Crippen molar-refractivity contribution >= 4 is 11.6 Å². The van der Waals surface area contributed by atoms with Crippen LogP contribution in [0.5, 0.6) is 0 Å². The van der Waals surface area contributed by atoms with E-state index in [2.05, 4.69) is 5.32 Å². The molecule has 0 radical (unpaired) electrons. The van der Waals surface area contributed by atoms with E-state index in [0.717, 1.165) is 5.56 Å². The van der Waals surface area contributed by atoms with Gasteiger partial charge in [-0.3, -0.25) is 4.79 Å². The van der Waals surface area contributed by atoms with Gasteiger partial charge in [-0.25, -0.2) is 0 Å². The van der Waals surface area contributed by atoms with Crippen LogP contribution in [0.4, 0.5) is 5.69 Å². The van der Waals surface area contributed by atoms with Crippen molar-refractivity contribution < 1.29 is 4.79 Å². The fraction of sp³-hybridized carbons (Fsp3) is 0.188. The molecule has 0 fully saturated rings. The molecule has 0 heterocycles. The second-order valence-corrected chi connectivity index (χ2v) is 4.68. The van der Waals surface area contributed by atoms with Gasteiger partial charge in [0.1, 0.15) is 0 Å². The van der Waals surface area contributed by atoms with E-state index in [0.29, 0.717) is 11.3 Å². The Morgan fingerprint density at radius 3 is 2.58 bits per heavy atom. The van der Waals surface area contributed by atoms with Gasteiger partial charge in [0.05, 0.1) is 6.04 Å². The standard InChI is InChI=1S/C16H18N2O/c1-11-6-3-4-9-15(11)12(2)18-16(19)13-7-5-8-14(17)10-13/h3-10,12H,17H2,1-2H3,(H,18,19)/t12-/m0/s1. The SMILES string of the molecule is Cc1ccccc1[C@H](C)NC(=O)c1cccc(N)c1. The molecule has 0 aliphatic heterocycles. The summed E-state index contributed by atoms with van der Waals surface area (Å²) < 4.78 is 0. The minimum Gasteiger partial charge on any atom is -0.399 e. The fourth-order valence-corrected chi connectivity index (χ4v) is 2.11. The Morgan fingerprint density at radius 1 is 1.16 bits per heavy atom. The number of anilines is 1. The third-order valence-electron chi connectivity index (χ3n) is 3.15. The van der Waals surface area contributed by atoms with Crippen molar-refractivity contribution in [3.05, 3.63) is 65.2 Å². The second kappa shape index (κ2) is 5.57. The van der Waals surface area contributed by atoms with Crippen LogP contribution in [-0.4, -0.2) is 5.91 Å². The molecule has 1 amide bonds. The van der Waals surface area contributed by atoms with Gasteiger partial charge in [-0.1, -0.05) is 30.3 Å². The molecule has 0 unspecified atom stereocenters. The Hall–Kier alpha value is -2.29. The average Bonchev–Trinajstić information content (AvgIpc) is 2.39. The van der Waals surface area contributed by atoms with Crippen LogP contribution >= 0.6 is 0 Å². The molecule has 2 aromatic carbocycles. The van der Waals surface area contributed by atoms with Crippen molar-refractivity contribution in [3.8, 4) is 0 Å². The van der Waals surface area contributed by atoms with Gasteiger partial charge in [-0.2, -0.15) is 0 Å². The number of aryl methyl sites for hydroxylation is 1. The number of nitrogen functional groups attached to an aromatic ring is 1. The lowest BCUT2D eigenvalue weighted by atomic mass is 10.0. The lowest BCUT2D eigenvalue weighted by molar-refractivity contribution is 0.0940. The third-order valence-corrected chi connectivity index (χ3v) is 3.15. The van der Waals surface area contributed by atoms with Gasteiger partial charge in [-0.05, 0) is 43.2 Å². The van der Waals surface area contributed by atoms with Crippen LogP contribution in [0, 0.1) is 6.92 Å². The molecule has 3 heteroatoms. The first-order valence-corrected chi connectivity index (χ1v) is 6.30. The predicted octanol–water partition coefficient (Wildman–Crippen LogP) is 3.07. The Kier molecular flexibility index (Phi) is 3.85. The summed E-state index contributed by atoms with van der Waals surface area (Å²) in [5.41, 5.74) is 9.15. The van der Waals surface area contributed by atoms with Crippen LogP contribution in [0.2, 0.25) is 0 Å². The summed E-state index contributed by atoms with van der Waals surface area (Å²) in [6, 6.07) is 15.0. The van der Waals surface area contributed by atoms with Crippen LogP contribution in [0.3, 0.4) is 0 Å². The van der Waals surface area contributed by atoms with E-state index >= 15 is 0 Å². The first-order chi connectivity index (χ1) is 9.08. The molecule has 2 rings (SSSR count). The molecule has 2 aromatic rings. The van der Waals surface area contributed by atoms with Crippen LogP contribution < -0.4 is 11.1 Å². The second-order valence-electron chi connectivity index (χ2n) is 4.68. The average molecular weight is 254 g/mol. The Morgan fingerprint density at radius 2 is 1.89 bits per heavy atom. The van der Waals surface area contributed by atoms with E-state index in [1.807, 2.05) is 38.1 Å². The first-order valence-electron chi connectivity index (χ1n) is 6.30. The lowest BCUT2D eigenvalue weighted by Crippen LogP contribution is -2.27. The van der Waals surface area contributed by atoms with E-state index in [4.69, 9.17) is 5.73 Å². The third kappa shape index (κ3) is 3.13. The predicted molar refractivity (Wildman–Crippen MR) is 77.9 cm³/mol. The summed E-state index contributed by atoms with van der Waals surface area (Å²) in [5.74, 6) is -0.108. The number of carbonyl (C=O) groups excluding carboxylic acids is 1. The Bertz CT molecular complexity index is 593. The highest BCUT2D eigenvalue weighted by Crippen LogP contribution is 2.17. The minimum atomic E-state index is -0.108. The molecule has 0 aromatic heterocycles. The largest absolute Gasteiger partial charge is 0.399 e. The van der Waals surface area contributed by atoms with Gasteiger partial charge in [-0.15, -0.1) is 0 Å². The van der Waals surface area contributed by atoms with Crippen molar-refractivity contribution in [2.45, 2.75) is 19.9 Å². The maximum atomic E-state index is 12.1. The number of nitrogens with two attached hydrogens (primary N) is 1. The number of nitrogens with one attached hydrogen (secondary N) is 1. The van der Waals surface area contributed by atoms with Gasteiger partial charge in [0, 0.05) is 11.3 Å².